The number of nitrogens with two attached hydrogens (primary N) is 1. The Morgan fingerprint density at radius 1 is 1.31 bits per heavy atom. The van der Waals surface area contributed by atoms with Crippen LogP contribution in [0.4, 0.5) is 0 Å². The van der Waals surface area contributed by atoms with Gasteiger partial charge in [-0.1, -0.05) is 25.1 Å². The predicted octanol–water partition coefficient (Wildman–Crippen LogP) is 2.23. The Kier molecular flexibility index (Phi) is 4.93. The Labute approximate surface area is 98.0 Å². The van der Waals surface area contributed by atoms with E-state index in [1.165, 1.54) is 16.7 Å². The first-order valence-corrected chi connectivity index (χ1v) is 5.70. The largest absolute Gasteiger partial charge is 0.379 e. The molecule has 0 aliphatic carbocycles. The van der Waals surface area contributed by atoms with Crippen LogP contribution in [0.15, 0.2) is 18.2 Å². The van der Waals surface area contributed by atoms with Crippen molar-refractivity contribution in [2.24, 2.45) is 5.84 Å². The summed E-state index contributed by atoms with van der Waals surface area (Å²) in [6, 6.07) is 6.45. The van der Waals surface area contributed by atoms with Crippen molar-refractivity contribution in [2.45, 2.75) is 39.3 Å². The van der Waals surface area contributed by atoms with Crippen LogP contribution < -0.4 is 11.3 Å². The van der Waals surface area contributed by atoms with Crippen LogP contribution in [0, 0.1) is 13.8 Å². The summed E-state index contributed by atoms with van der Waals surface area (Å²) in [4.78, 5) is 0. The molecule has 0 aliphatic rings. The van der Waals surface area contributed by atoms with Crippen molar-refractivity contribution in [1.82, 2.24) is 5.43 Å². The maximum absolute atomic E-state index is 5.61. The molecule has 0 saturated carbocycles. The smallest absolute Gasteiger partial charge is 0.0776 e. The van der Waals surface area contributed by atoms with Gasteiger partial charge < -0.3 is 4.74 Å². The molecule has 2 unspecified atom stereocenters. The molecule has 3 nitrogen and oxygen atoms in total. The molecule has 16 heavy (non-hydrogen) atoms. The summed E-state index contributed by atoms with van der Waals surface area (Å²) < 4.78 is 5.43. The summed E-state index contributed by atoms with van der Waals surface area (Å²) in [5.74, 6) is 5.61. The van der Waals surface area contributed by atoms with Crippen molar-refractivity contribution in [2.75, 3.05) is 7.11 Å². The highest BCUT2D eigenvalue weighted by Gasteiger charge is 2.20. The molecule has 0 heterocycles. The first kappa shape index (κ1) is 13.2. The van der Waals surface area contributed by atoms with Gasteiger partial charge in [0.05, 0.1) is 12.1 Å². The van der Waals surface area contributed by atoms with Crippen LogP contribution in [-0.2, 0) is 4.74 Å². The molecule has 2 atom stereocenters. The number of hydrogen-bond donors (Lipinski definition) is 2. The fourth-order valence-electron chi connectivity index (χ4n) is 1.91. The van der Waals surface area contributed by atoms with Gasteiger partial charge in [-0.2, -0.15) is 0 Å². The van der Waals surface area contributed by atoms with Gasteiger partial charge in [0.2, 0.25) is 0 Å². The second-order valence-corrected chi connectivity index (χ2v) is 4.17. The van der Waals surface area contributed by atoms with E-state index < -0.39 is 0 Å². The zero-order chi connectivity index (χ0) is 12.1. The van der Waals surface area contributed by atoms with Crippen LogP contribution in [0.3, 0.4) is 0 Å². The number of rotatable bonds is 5. The van der Waals surface area contributed by atoms with Crippen LogP contribution in [0.25, 0.3) is 0 Å². The Morgan fingerprint density at radius 2 is 2.00 bits per heavy atom. The minimum Gasteiger partial charge on any atom is -0.379 e. The van der Waals surface area contributed by atoms with Crippen molar-refractivity contribution in [1.29, 1.82) is 0 Å². The van der Waals surface area contributed by atoms with Gasteiger partial charge >= 0.3 is 0 Å². The zero-order valence-electron chi connectivity index (χ0n) is 10.6. The van der Waals surface area contributed by atoms with E-state index in [2.05, 4.69) is 44.4 Å². The summed E-state index contributed by atoms with van der Waals surface area (Å²) in [7, 11) is 1.72. The lowest BCUT2D eigenvalue weighted by Crippen LogP contribution is -2.37. The fourth-order valence-corrected chi connectivity index (χ4v) is 1.91. The SMILES string of the molecule is CCC(OC)C(NN)c1ccc(C)c(C)c1. The monoisotopic (exact) mass is 222 g/mol. The number of aryl methyl sites for hydroxylation is 2. The molecular weight excluding hydrogens is 200 g/mol. The van der Waals surface area contributed by atoms with Gasteiger partial charge in [-0.3, -0.25) is 11.3 Å². The van der Waals surface area contributed by atoms with Crippen molar-refractivity contribution in [3.8, 4) is 0 Å². The van der Waals surface area contributed by atoms with Gasteiger partial charge in [0, 0.05) is 7.11 Å². The van der Waals surface area contributed by atoms with Crippen LogP contribution in [0.1, 0.15) is 36.1 Å². The van der Waals surface area contributed by atoms with E-state index in [0.717, 1.165) is 6.42 Å². The van der Waals surface area contributed by atoms with Crippen LogP contribution in [0.2, 0.25) is 0 Å². The molecule has 1 aromatic carbocycles. The van der Waals surface area contributed by atoms with Gasteiger partial charge in [0.15, 0.2) is 0 Å². The van der Waals surface area contributed by atoms with E-state index >= 15 is 0 Å². The Bertz CT molecular complexity index is 335. The minimum absolute atomic E-state index is 0.0503. The normalized spacial score (nSPS) is 14.8. The molecule has 0 aliphatic heterocycles. The maximum Gasteiger partial charge on any atom is 0.0776 e. The first-order valence-electron chi connectivity index (χ1n) is 5.70. The van der Waals surface area contributed by atoms with Crippen molar-refractivity contribution < 1.29 is 4.74 Å². The van der Waals surface area contributed by atoms with Gasteiger partial charge in [0.1, 0.15) is 0 Å². The van der Waals surface area contributed by atoms with E-state index in [9.17, 15) is 0 Å². The summed E-state index contributed by atoms with van der Waals surface area (Å²) in [6.07, 6.45) is 1.03. The molecule has 0 saturated heterocycles. The Balaban J connectivity index is 2.98. The fraction of sp³-hybridized carbons (Fsp3) is 0.538. The lowest BCUT2D eigenvalue weighted by atomic mass is 9.96. The highest BCUT2D eigenvalue weighted by molar-refractivity contribution is 5.32. The molecule has 3 N–H and O–H groups in total. The molecule has 1 aromatic rings. The number of methoxy groups -OCH3 is 1. The highest BCUT2D eigenvalue weighted by Crippen LogP contribution is 2.22. The summed E-state index contributed by atoms with van der Waals surface area (Å²) in [5.41, 5.74) is 6.60. The first-order chi connectivity index (χ1) is 7.63. The van der Waals surface area contributed by atoms with Gasteiger partial charge in [-0.25, -0.2) is 0 Å². The van der Waals surface area contributed by atoms with E-state index in [4.69, 9.17) is 10.6 Å². The van der Waals surface area contributed by atoms with Crippen LogP contribution in [-0.4, -0.2) is 13.2 Å². The summed E-state index contributed by atoms with van der Waals surface area (Å²) >= 11 is 0. The molecular formula is C13H22N2O. The number of ether oxygens (including phenoxy) is 1. The lowest BCUT2D eigenvalue weighted by Gasteiger charge is -2.25. The molecule has 0 bridgehead atoms. The quantitative estimate of drug-likeness (QED) is 0.593. The third-order valence-electron chi connectivity index (χ3n) is 3.15. The minimum atomic E-state index is 0.0503. The van der Waals surface area contributed by atoms with Gasteiger partial charge in [-0.15, -0.1) is 0 Å². The molecule has 0 spiro atoms. The number of hydrogen-bond acceptors (Lipinski definition) is 3. The standard InChI is InChI=1S/C13H22N2O/c1-5-12(16-4)13(15-14)11-7-6-9(2)10(3)8-11/h6-8,12-13,15H,5,14H2,1-4H3. The topological polar surface area (TPSA) is 47.3 Å². The zero-order valence-corrected chi connectivity index (χ0v) is 10.6. The van der Waals surface area contributed by atoms with Crippen molar-refractivity contribution >= 4 is 0 Å². The number of benzene rings is 1. The highest BCUT2D eigenvalue weighted by atomic mass is 16.5. The Morgan fingerprint density at radius 3 is 2.44 bits per heavy atom. The molecule has 0 amide bonds. The maximum atomic E-state index is 5.61. The molecule has 0 radical (unpaired) electrons. The lowest BCUT2D eigenvalue weighted by molar-refractivity contribution is 0.0651. The summed E-state index contributed by atoms with van der Waals surface area (Å²) in [5, 5.41) is 0. The molecule has 0 aromatic heterocycles. The number of hydrazine groups is 1. The van der Waals surface area contributed by atoms with E-state index in [0.29, 0.717) is 0 Å². The van der Waals surface area contributed by atoms with E-state index in [1.807, 2.05) is 0 Å². The molecule has 0 fully saturated rings. The van der Waals surface area contributed by atoms with Gasteiger partial charge in [-0.05, 0) is 37.0 Å². The van der Waals surface area contributed by atoms with Crippen molar-refractivity contribution in [3.63, 3.8) is 0 Å². The second kappa shape index (κ2) is 5.99. The second-order valence-electron chi connectivity index (χ2n) is 4.17. The average molecular weight is 222 g/mol. The third-order valence-corrected chi connectivity index (χ3v) is 3.15. The van der Waals surface area contributed by atoms with Gasteiger partial charge in [0.25, 0.3) is 0 Å². The van der Waals surface area contributed by atoms with E-state index in [1.54, 1.807) is 7.11 Å². The van der Waals surface area contributed by atoms with Crippen LogP contribution in [0.5, 0.6) is 0 Å². The summed E-state index contributed by atoms with van der Waals surface area (Å²) in [6.45, 7) is 6.32. The average Bonchev–Trinajstić information content (AvgIpc) is 2.29. The molecule has 90 valence electrons. The molecule has 1 rings (SSSR count). The van der Waals surface area contributed by atoms with Crippen LogP contribution >= 0.6 is 0 Å². The number of nitrogens with one attached hydrogen (secondary N) is 1. The van der Waals surface area contributed by atoms with E-state index in [-0.39, 0.29) is 12.1 Å². The predicted molar refractivity (Wildman–Crippen MR) is 67.1 cm³/mol. The third kappa shape index (κ3) is 2.82. The molecule has 3 heteroatoms. The van der Waals surface area contributed by atoms with Crippen molar-refractivity contribution in [3.05, 3.63) is 34.9 Å². The Hall–Kier alpha value is -0.900.